The maximum absolute atomic E-state index is 5.49. The molecule has 1 aromatic carbocycles. The third-order valence-electron chi connectivity index (χ3n) is 4.50. The molecular weight excluding hydrogens is 400 g/mol. The molecule has 150 valence electrons. The van der Waals surface area contributed by atoms with Gasteiger partial charge < -0.3 is 9.84 Å². The van der Waals surface area contributed by atoms with E-state index in [2.05, 4.69) is 43.0 Å². The van der Waals surface area contributed by atoms with E-state index in [1.807, 2.05) is 61.4 Å². The molecule has 0 aliphatic carbocycles. The zero-order valence-electron chi connectivity index (χ0n) is 16.4. The van der Waals surface area contributed by atoms with Gasteiger partial charge in [-0.2, -0.15) is 10.2 Å². The van der Waals surface area contributed by atoms with Gasteiger partial charge >= 0.3 is 0 Å². The van der Waals surface area contributed by atoms with Crippen LogP contribution in [0.15, 0.2) is 59.4 Å². The van der Waals surface area contributed by atoms with E-state index in [1.54, 1.807) is 4.68 Å². The van der Waals surface area contributed by atoms with Gasteiger partial charge in [0, 0.05) is 31.6 Å². The molecule has 5 aromatic rings. The Kier molecular flexibility index (Phi) is 4.60. The second-order valence-corrected chi connectivity index (χ2v) is 7.78. The molecule has 0 aliphatic rings. The summed E-state index contributed by atoms with van der Waals surface area (Å²) in [6, 6.07) is 13.9. The standard InChI is InChI=1S/C20H18N8OS/c1-13-15(12-27(2)24-13)17-10-16(26-29-17)19-22-23-20(30-19)21-18-8-9-28(25-18)11-14-6-4-3-5-7-14/h3-10,12H,11H2,1-2H3,(H,21,23,25). The van der Waals surface area contributed by atoms with E-state index >= 15 is 0 Å². The number of aromatic nitrogens is 7. The van der Waals surface area contributed by atoms with Gasteiger partial charge in [-0.25, -0.2) is 0 Å². The first-order valence-corrected chi connectivity index (χ1v) is 10.1. The Morgan fingerprint density at radius 2 is 1.97 bits per heavy atom. The molecule has 0 amide bonds. The van der Waals surface area contributed by atoms with Crippen molar-refractivity contribution in [3.8, 4) is 22.0 Å². The van der Waals surface area contributed by atoms with Crippen LogP contribution >= 0.6 is 11.3 Å². The van der Waals surface area contributed by atoms with Gasteiger partial charge in [-0.15, -0.1) is 10.2 Å². The maximum Gasteiger partial charge on any atom is 0.211 e. The van der Waals surface area contributed by atoms with Gasteiger partial charge in [-0.1, -0.05) is 46.8 Å². The van der Waals surface area contributed by atoms with Gasteiger partial charge in [0.1, 0.15) is 5.69 Å². The molecule has 10 heteroatoms. The van der Waals surface area contributed by atoms with Gasteiger partial charge in [0.2, 0.25) is 5.13 Å². The normalized spacial score (nSPS) is 11.1. The van der Waals surface area contributed by atoms with Crippen LogP contribution in [0, 0.1) is 6.92 Å². The Morgan fingerprint density at radius 3 is 2.77 bits per heavy atom. The molecule has 0 saturated heterocycles. The Labute approximate surface area is 176 Å². The molecule has 4 aromatic heterocycles. The molecule has 0 saturated carbocycles. The lowest BCUT2D eigenvalue weighted by Gasteiger charge is -2.01. The van der Waals surface area contributed by atoms with E-state index in [-0.39, 0.29) is 0 Å². The summed E-state index contributed by atoms with van der Waals surface area (Å²) in [5, 5.41) is 25.9. The number of rotatable bonds is 6. The summed E-state index contributed by atoms with van der Waals surface area (Å²) in [5.41, 5.74) is 3.61. The highest BCUT2D eigenvalue weighted by Gasteiger charge is 2.16. The molecule has 0 atom stereocenters. The summed E-state index contributed by atoms with van der Waals surface area (Å²) in [6.07, 6.45) is 3.83. The molecule has 0 aliphatic heterocycles. The molecule has 0 spiro atoms. The summed E-state index contributed by atoms with van der Waals surface area (Å²) in [7, 11) is 1.87. The van der Waals surface area contributed by atoms with Crippen LogP contribution in [0.5, 0.6) is 0 Å². The van der Waals surface area contributed by atoms with Crippen molar-refractivity contribution >= 4 is 22.3 Å². The van der Waals surface area contributed by atoms with Gasteiger partial charge in [0.15, 0.2) is 16.6 Å². The van der Waals surface area contributed by atoms with Crippen molar-refractivity contribution in [2.45, 2.75) is 13.5 Å². The largest absolute Gasteiger partial charge is 0.355 e. The van der Waals surface area contributed by atoms with Crippen molar-refractivity contribution in [2.75, 3.05) is 5.32 Å². The van der Waals surface area contributed by atoms with Gasteiger partial charge in [-0.05, 0) is 12.5 Å². The second kappa shape index (κ2) is 7.56. The molecular formula is C20H18N8OS. The molecule has 1 N–H and O–H groups in total. The van der Waals surface area contributed by atoms with E-state index in [9.17, 15) is 0 Å². The second-order valence-electron chi connectivity index (χ2n) is 6.80. The van der Waals surface area contributed by atoms with Crippen molar-refractivity contribution in [1.29, 1.82) is 0 Å². The summed E-state index contributed by atoms with van der Waals surface area (Å²) in [5.74, 6) is 1.36. The number of hydrogen-bond acceptors (Lipinski definition) is 8. The first-order valence-electron chi connectivity index (χ1n) is 9.30. The molecule has 30 heavy (non-hydrogen) atoms. The van der Waals surface area contributed by atoms with E-state index in [1.165, 1.54) is 16.9 Å². The van der Waals surface area contributed by atoms with Crippen molar-refractivity contribution in [3.63, 3.8) is 0 Å². The molecule has 5 rings (SSSR count). The topological polar surface area (TPSA) is 99.5 Å². The summed E-state index contributed by atoms with van der Waals surface area (Å²) in [4.78, 5) is 0. The fraction of sp³-hybridized carbons (Fsp3) is 0.150. The highest BCUT2D eigenvalue weighted by molar-refractivity contribution is 7.18. The zero-order chi connectivity index (χ0) is 20.5. The summed E-state index contributed by atoms with van der Waals surface area (Å²) < 4.78 is 9.11. The van der Waals surface area contributed by atoms with Gasteiger partial charge in [0.05, 0.1) is 17.8 Å². The molecule has 0 unspecified atom stereocenters. The molecule has 0 bridgehead atoms. The van der Waals surface area contributed by atoms with Crippen molar-refractivity contribution < 1.29 is 4.52 Å². The Bertz CT molecular complexity index is 1280. The SMILES string of the molecule is Cc1nn(C)cc1-c1cc(-c2nnc(Nc3ccn(Cc4ccccc4)n3)s2)no1. The minimum atomic E-state index is 0.633. The van der Waals surface area contributed by atoms with E-state index in [0.717, 1.165) is 11.3 Å². The maximum atomic E-state index is 5.49. The molecule has 0 radical (unpaired) electrons. The highest BCUT2D eigenvalue weighted by atomic mass is 32.1. The van der Waals surface area contributed by atoms with Crippen molar-refractivity contribution in [3.05, 3.63) is 66.1 Å². The zero-order valence-corrected chi connectivity index (χ0v) is 17.2. The quantitative estimate of drug-likeness (QED) is 0.446. The van der Waals surface area contributed by atoms with Crippen LogP contribution in [-0.2, 0) is 13.6 Å². The van der Waals surface area contributed by atoms with E-state index in [4.69, 9.17) is 4.52 Å². The predicted molar refractivity (Wildman–Crippen MR) is 113 cm³/mol. The molecule has 4 heterocycles. The minimum Gasteiger partial charge on any atom is -0.355 e. The number of anilines is 2. The lowest BCUT2D eigenvalue weighted by molar-refractivity contribution is 0.434. The van der Waals surface area contributed by atoms with Crippen LogP contribution in [0.3, 0.4) is 0 Å². The van der Waals surface area contributed by atoms with Gasteiger partial charge in [-0.3, -0.25) is 9.36 Å². The number of aryl methyl sites for hydroxylation is 2. The first kappa shape index (κ1) is 18.3. The molecule has 9 nitrogen and oxygen atoms in total. The Hall–Kier alpha value is -3.79. The van der Waals surface area contributed by atoms with Crippen molar-refractivity contribution in [2.24, 2.45) is 7.05 Å². The average Bonchev–Trinajstić information content (AvgIpc) is 3.51. The van der Waals surface area contributed by atoms with Crippen LogP contribution in [0.25, 0.3) is 22.0 Å². The lowest BCUT2D eigenvalue weighted by atomic mass is 10.2. The monoisotopic (exact) mass is 418 g/mol. The third-order valence-corrected chi connectivity index (χ3v) is 5.36. The van der Waals surface area contributed by atoms with Crippen LogP contribution < -0.4 is 5.32 Å². The van der Waals surface area contributed by atoms with Crippen LogP contribution in [0.2, 0.25) is 0 Å². The average molecular weight is 418 g/mol. The highest BCUT2D eigenvalue weighted by Crippen LogP contribution is 2.31. The van der Waals surface area contributed by atoms with E-state index < -0.39 is 0 Å². The first-order chi connectivity index (χ1) is 14.6. The Morgan fingerprint density at radius 1 is 1.10 bits per heavy atom. The number of hydrogen-bond donors (Lipinski definition) is 1. The van der Waals surface area contributed by atoms with Gasteiger partial charge in [0.25, 0.3) is 0 Å². The lowest BCUT2D eigenvalue weighted by Crippen LogP contribution is -2.01. The van der Waals surface area contributed by atoms with Crippen LogP contribution in [-0.4, -0.2) is 34.9 Å². The predicted octanol–water partition coefficient (Wildman–Crippen LogP) is 3.89. The number of benzene rings is 1. The fourth-order valence-corrected chi connectivity index (χ4v) is 3.82. The molecule has 0 fully saturated rings. The number of nitrogens with zero attached hydrogens (tertiary/aromatic N) is 7. The van der Waals surface area contributed by atoms with Crippen molar-refractivity contribution in [1.82, 2.24) is 34.9 Å². The van der Waals surface area contributed by atoms with Crippen LogP contribution in [0.1, 0.15) is 11.3 Å². The van der Waals surface area contributed by atoms with E-state index in [0.29, 0.717) is 34.0 Å². The Balaban J connectivity index is 1.29. The number of nitrogens with one attached hydrogen (secondary N) is 1. The fourth-order valence-electron chi connectivity index (χ4n) is 3.12. The minimum absolute atomic E-state index is 0.633. The summed E-state index contributed by atoms with van der Waals surface area (Å²) in [6.45, 7) is 2.64. The van der Waals surface area contributed by atoms with Crippen LogP contribution in [0.4, 0.5) is 10.9 Å². The summed E-state index contributed by atoms with van der Waals surface area (Å²) >= 11 is 1.39. The smallest absolute Gasteiger partial charge is 0.211 e. The third kappa shape index (κ3) is 3.72.